The second-order valence-electron chi connectivity index (χ2n) is 9.82. The third kappa shape index (κ3) is 14.8. The monoisotopic (exact) mass is 506 g/mol. The first kappa shape index (κ1) is 32.9. The summed E-state index contributed by atoms with van der Waals surface area (Å²) < 4.78 is 1.40. The van der Waals surface area contributed by atoms with Crippen molar-refractivity contribution < 1.29 is 5.11 Å². The Balaban J connectivity index is 0.000000565. The van der Waals surface area contributed by atoms with E-state index in [-0.39, 0.29) is 11.4 Å². The smallest absolute Gasteiger partial charge is 0.253 e. The van der Waals surface area contributed by atoms with Gasteiger partial charge in [-0.25, -0.2) is 0 Å². The lowest BCUT2D eigenvalue weighted by Crippen LogP contribution is -2.24. The van der Waals surface area contributed by atoms with Crippen LogP contribution in [0.15, 0.2) is 40.0 Å². The number of rotatable bonds is 10. The Bertz CT molecular complexity index is 851. The highest BCUT2D eigenvalue weighted by Crippen LogP contribution is 2.23. The molecule has 0 bridgehead atoms. The molecular weight excluding hydrogens is 456 g/mol. The van der Waals surface area contributed by atoms with Crippen LogP contribution in [0.1, 0.15) is 85.1 Å². The topological polar surface area (TPSA) is 120 Å². The maximum Gasteiger partial charge on any atom is 0.253 e. The SMILES string of the molecule is CC(C)CCCC(C)N.CCCCC(CC)Cn1c(O)c(N)c(C)cc1=O.Nc1ccc(S)cc1. The number of hydrogen-bond acceptors (Lipinski definition) is 6. The van der Waals surface area contributed by atoms with Crippen molar-refractivity contribution in [2.45, 2.75) is 104 Å². The molecule has 7 heteroatoms. The van der Waals surface area contributed by atoms with Crippen LogP contribution in [0.2, 0.25) is 0 Å². The first-order chi connectivity index (χ1) is 16.4. The molecular formula is C28H50N4O2S. The summed E-state index contributed by atoms with van der Waals surface area (Å²) in [5.41, 5.74) is 18.3. The average molecular weight is 507 g/mol. The summed E-state index contributed by atoms with van der Waals surface area (Å²) in [6, 6.07) is 9.24. The van der Waals surface area contributed by atoms with Crippen molar-refractivity contribution in [1.29, 1.82) is 0 Å². The molecule has 1 aromatic heterocycles. The highest BCUT2D eigenvalue weighted by molar-refractivity contribution is 7.80. The van der Waals surface area contributed by atoms with E-state index >= 15 is 0 Å². The highest BCUT2D eigenvalue weighted by Gasteiger charge is 2.14. The van der Waals surface area contributed by atoms with Crippen molar-refractivity contribution in [2.24, 2.45) is 17.6 Å². The fourth-order valence-electron chi connectivity index (χ4n) is 3.44. The number of nitrogens with two attached hydrogens (primary N) is 3. The van der Waals surface area contributed by atoms with E-state index in [9.17, 15) is 9.90 Å². The number of anilines is 2. The summed E-state index contributed by atoms with van der Waals surface area (Å²) in [4.78, 5) is 12.8. The van der Waals surface area contributed by atoms with Crippen molar-refractivity contribution in [3.05, 3.63) is 46.2 Å². The third-order valence-corrected chi connectivity index (χ3v) is 6.14. The Kier molecular flexibility index (Phi) is 17.1. The van der Waals surface area contributed by atoms with Gasteiger partial charge in [-0.1, -0.05) is 59.8 Å². The molecule has 0 aliphatic carbocycles. The van der Waals surface area contributed by atoms with Crippen LogP contribution in [-0.2, 0) is 6.54 Å². The number of aryl methyl sites for hydroxylation is 1. The van der Waals surface area contributed by atoms with Crippen molar-refractivity contribution in [2.75, 3.05) is 11.5 Å². The van der Waals surface area contributed by atoms with Crippen LogP contribution in [0.5, 0.6) is 5.88 Å². The largest absolute Gasteiger partial charge is 0.493 e. The van der Waals surface area contributed by atoms with Gasteiger partial charge in [-0.3, -0.25) is 9.36 Å². The number of benzene rings is 1. The van der Waals surface area contributed by atoms with Crippen molar-refractivity contribution >= 4 is 24.0 Å². The fraction of sp³-hybridized carbons (Fsp3) is 0.607. The molecule has 0 saturated carbocycles. The zero-order chi connectivity index (χ0) is 27.0. The highest BCUT2D eigenvalue weighted by atomic mass is 32.1. The van der Waals surface area contributed by atoms with Gasteiger partial charge in [0.2, 0.25) is 5.88 Å². The molecule has 0 fully saturated rings. The average Bonchev–Trinajstić information content (AvgIpc) is 2.79. The lowest BCUT2D eigenvalue weighted by molar-refractivity contribution is 0.341. The predicted molar refractivity (Wildman–Crippen MR) is 155 cm³/mol. The van der Waals surface area contributed by atoms with Gasteiger partial charge in [0, 0.05) is 29.2 Å². The number of thiol groups is 1. The van der Waals surface area contributed by atoms with E-state index < -0.39 is 0 Å². The van der Waals surface area contributed by atoms with Crippen LogP contribution in [-0.4, -0.2) is 15.7 Å². The first-order valence-electron chi connectivity index (χ1n) is 12.9. The molecule has 0 spiro atoms. The van der Waals surface area contributed by atoms with Crippen molar-refractivity contribution in [3.8, 4) is 5.88 Å². The zero-order valence-corrected chi connectivity index (χ0v) is 23.7. The summed E-state index contributed by atoms with van der Waals surface area (Å²) in [6.45, 7) is 13.1. The third-order valence-electron chi connectivity index (χ3n) is 5.85. The van der Waals surface area contributed by atoms with E-state index in [2.05, 4.69) is 47.2 Å². The molecule has 200 valence electrons. The van der Waals surface area contributed by atoms with E-state index in [0.717, 1.165) is 42.2 Å². The minimum Gasteiger partial charge on any atom is -0.493 e. The normalized spacial score (nSPS) is 12.3. The molecule has 1 heterocycles. The Labute approximate surface area is 218 Å². The van der Waals surface area contributed by atoms with Gasteiger partial charge >= 0.3 is 0 Å². The van der Waals surface area contributed by atoms with Crippen LogP contribution >= 0.6 is 12.6 Å². The number of nitrogen functional groups attached to an aromatic ring is 2. The van der Waals surface area contributed by atoms with Crippen LogP contribution in [0.4, 0.5) is 11.4 Å². The quantitative estimate of drug-likeness (QED) is 0.189. The molecule has 0 radical (unpaired) electrons. The lowest BCUT2D eigenvalue weighted by atomic mass is 9.99. The van der Waals surface area contributed by atoms with Gasteiger partial charge in [0.25, 0.3) is 5.56 Å². The van der Waals surface area contributed by atoms with Crippen LogP contribution in [0, 0.1) is 18.8 Å². The number of pyridine rings is 1. The summed E-state index contributed by atoms with van der Waals surface area (Å²) in [6.07, 6.45) is 8.16. The number of aromatic hydroxyl groups is 1. The molecule has 0 aliphatic rings. The Morgan fingerprint density at radius 1 is 1.00 bits per heavy atom. The van der Waals surface area contributed by atoms with Crippen LogP contribution < -0.4 is 22.8 Å². The molecule has 0 amide bonds. The number of unbranched alkanes of at least 4 members (excludes halogenated alkanes) is 1. The van der Waals surface area contributed by atoms with Crippen molar-refractivity contribution in [3.63, 3.8) is 0 Å². The Hall–Kier alpha value is -2.12. The van der Waals surface area contributed by atoms with Gasteiger partial charge in [-0.15, -0.1) is 12.6 Å². The molecule has 1 aromatic carbocycles. The van der Waals surface area contributed by atoms with Gasteiger partial charge in [0.1, 0.15) is 0 Å². The summed E-state index contributed by atoms with van der Waals surface area (Å²) in [5.74, 6) is 1.16. The number of hydrogen-bond donors (Lipinski definition) is 5. The second kappa shape index (κ2) is 18.2. The number of aromatic nitrogens is 1. The second-order valence-corrected chi connectivity index (χ2v) is 10.3. The van der Waals surface area contributed by atoms with E-state index in [1.807, 2.05) is 24.3 Å². The van der Waals surface area contributed by atoms with Gasteiger partial charge in [-0.05, 0) is 68.4 Å². The Morgan fingerprint density at radius 2 is 1.60 bits per heavy atom. The Morgan fingerprint density at radius 3 is 2.06 bits per heavy atom. The molecule has 0 saturated heterocycles. The van der Waals surface area contributed by atoms with Crippen molar-refractivity contribution in [1.82, 2.24) is 4.57 Å². The van der Waals surface area contributed by atoms with E-state index in [1.165, 1.54) is 29.9 Å². The maximum absolute atomic E-state index is 11.9. The molecule has 2 atom stereocenters. The maximum atomic E-state index is 11.9. The van der Waals surface area contributed by atoms with E-state index in [1.54, 1.807) is 6.92 Å². The zero-order valence-electron chi connectivity index (χ0n) is 22.8. The van der Waals surface area contributed by atoms with Crippen LogP contribution in [0.25, 0.3) is 0 Å². The first-order valence-corrected chi connectivity index (χ1v) is 13.4. The summed E-state index contributed by atoms with van der Waals surface area (Å²) in [5, 5.41) is 9.97. The molecule has 2 unspecified atom stereocenters. The summed E-state index contributed by atoms with van der Waals surface area (Å²) >= 11 is 4.08. The predicted octanol–water partition coefficient (Wildman–Crippen LogP) is 6.38. The molecule has 0 aliphatic heterocycles. The lowest BCUT2D eigenvalue weighted by Gasteiger charge is -2.18. The molecule has 2 rings (SSSR count). The van der Waals surface area contributed by atoms with Gasteiger partial charge in [-0.2, -0.15) is 0 Å². The molecule has 6 nitrogen and oxygen atoms in total. The standard InChI is InChI=1S/C14H24N2O2.C8H19N.C6H7NS/c1-4-6-7-11(5-2)9-16-12(17)8-10(3)13(15)14(16)18;1-7(2)5-4-6-8(3)9;7-5-1-3-6(8)4-2-5/h8,11,18H,4-7,9,15H2,1-3H3;7-8H,4-6,9H2,1-3H3;1-4,8H,7H2. The molecule has 35 heavy (non-hydrogen) atoms. The minimum absolute atomic E-state index is 0.0880. The number of nitrogens with zero attached hydrogens (tertiary/aromatic N) is 1. The summed E-state index contributed by atoms with van der Waals surface area (Å²) in [7, 11) is 0. The van der Waals surface area contributed by atoms with Crippen LogP contribution in [0.3, 0.4) is 0 Å². The van der Waals surface area contributed by atoms with Gasteiger partial charge in [0.05, 0.1) is 5.69 Å². The molecule has 7 N–H and O–H groups in total. The van der Waals surface area contributed by atoms with Gasteiger partial charge in [0.15, 0.2) is 0 Å². The molecule has 2 aromatic rings. The fourth-order valence-corrected chi connectivity index (χ4v) is 3.59. The minimum atomic E-state index is -0.172. The van der Waals surface area contributed by atoms with E-state index in [0.29, 0.717) is 29.8 Å². The van der Waals surface area contributed by atoms with E-state index in [4.69, 9.17) is 17.2 Å². The van der Waals surface area contributed by atoms with Gasteiger partial charge < -0.3 is 22.3 Å².